The Hall–Kier alpha value is -2.91. The van der Waals surface area contributed by atoms with Gasteiger partial charge in [-0.15, -0.1) is 0 Å². The second kappa shape index (κ2) is 8.22. The molecule has 4 rings (SSSR count). The molecular formula is C20H22N4O4S. The first-order valence-corrected chi connectivity index (χ1v) is 10.3. The van der Waals surface area contributed by atoms with E-state index in [1.54, 1.807) is 26.4 Å². The summed E-state index contributed by atoms with van der Waals surface area (Å²) in [5, 5.41) is 4.42. The van der Waals surface area contributed by atoms with Crippen molar-refractivity contribution in [1.82, 2.24) is 9.97 Å². The molecule has 2 atom stereocenters. The molecule has 1 fully saturated rings. The van der Waals surface area contributed by atoms with E-state index in [2.05, 4.69) is 20.0 Å². The molecule has 0 amide bonds. The lowest BCUT2D eigenvalue weighted by molar-refractivity contribution is 0.356. The molecule has 0 bridgehead atoms. The van der Waals surface area contributed by atoms with Crippen molar-refractivity contribution >= 4 is 33.7 Å². The number of nitrogens with one attached hydrogen (secondary N) is 2. The van der Waals surface area contributed by atoms with Crippen molar-refractivity contribution in [3.05, 3.63) is 48.3 Å². The third-order valence-electron chi connectivity index (χ3n) is 5.00. The fraction of sp³-hybridized carbons (Fsp3) is 0.300. The molecule has 0 radical (unpaired) electrons. The molecular weight excluding hydrogens is 392 g/mol. The van der Waals surface area contributed by atoms with E-state index in [0.717, 1.165) is 35.1 Å². The van der Waals surface area contributed by atoms with Crippen molar-refractivity contribution in [2.75, 3.05) is 24.3 Å². The van der Waals surface area contributed by atoms with Crippen molar-refractivity contribution in [3.63, 3.8) is 0 Å². The van der Waals surface area contributed by atoms with Crippen LogP contribution >= 0.6 is 0 Å². The highest BCUT2D eigenvalue weighted by Crippen LogP contribution is 2.44. The van der Waals surface area contributed by atoms with E-state index in [1.807, 2.05) is 24.3 Å². The van der Waals surface area contributed by atoms with Crippen LogP contribution in [0.3, 0.4) is 0 Å². The zero-order valence-electron chi connectivity index (χ0n) is 16.1. The lowest BCUT2D eigenvalue weighted by atomic mass is 10.0. The van der Waals surface area contributed by atoms with Crippen LogP contribution in [0, 0.1) is 5.92 Å². The quantitative estimate of drug-likeness (QED) is 0.482. The Balaban J connectivity index is 1.67. The second-order valence-corrected chi connectivity index (χ2v) is 7.58. The maximum atomic E-state index is 10.9. The van der Waals surface area contributed by atoms with Gasteiger partial charge in [0.25, 0.3) is 11.3 Å². The van der Waals surface area contributed by atoms with Crippen LogP contribution in [0.15, 0.2) is 42.7 Å². The fourth-order valence-electron chi connectivity index (χ4n) is 3.41. The van der Waals surface area contributed by atoms with E-state index in [-0.39, 0.29) is 6.04 Å². The number of hydrogen-bond acceptors (Lipinski definition) is 6. The van der Waals surface area contributed by atoms with Gasteiger partial charge in [0.2, 0.25) is 0 Å². The summed E-state index contributed by atoms with van der Waals surface area (Å²) in [6.45, 7) is 0. The average molecular weight is 414 g/mol. The van der Waals surface area contributed by atoms with Gasteiger partial charge in [-0.25, -0.2) is 14.2 Å². The molecule has 0 saturated heterocycles. The van der Waals surface area contributed by atoms with Crippen molar-refractivity contribution in [2.24, 2.45) is 5.92 Å². The maximum absolute atomic E-state index is 10.9. The molecule has 8 nitrogen and oxygen atoms in total. The first kappa shape index (κ1) is 19.4. The smallest absolute Gasteiger partial charge is 0.259 e. The Bertz CT molecular complexity index is 1040. The molecule has 29 heavy (non-hydrogen) atoms. The molecule has 152 valence electrons. The predicted octanol–water partition coefficient (Wildman–Crippen LogP) is 3.76. The first-order chi connectivity index (χ1) is 14.1. The molecule has 2 aromatic carbocycles. The van der Waals surface area contributed by atoms with Gasteiger partial charge in [-0.3, -0.25) is 9.27 Å². The van der Waals surface area contributed by atoms with Gasteiger partial charge in [0.15, 0.2) is 11.5 Å². The van der Waals surface area contributed by atoms with Gasteiger partial charge in [0, 0.05) is 17.1 Å². The minimum Gasteiger partial charge on any atom is -0.493 e. The summed E-state index contributed by atoms with van der Waals surface area (Å²) in [6, 6.07) is 11.3. The summed E-state index contributed by atoms with van der Waals surface area (Å²) in [5.74, 6) is 2.47. The summed E-state index contributed by atoms with van der Waals surface area (Å²) < 4.78 is 33.2. The van der Waals surface area contributed by atoms with Gasteiger partial charge in [0.05, 0.1) is 25.8 Å². The van der Waals surface area contributed by atoms with Crippen LogP contribution in [-0.4, -0.2) is 32.9 Å². The van der Waals surface area contributed by atoms with Gasteiger partial charge >= 0.3 is 0 Å². The van der Waals surface area contributed by atoms with Crippen molar-refractivity contribution in [3.8, 4) is 11.5 Å². The Morgan fingerprint density at radius 3 is 2.41 bits per heavy atom. The number of rotatable bonds is 8. The van der Waals surface area contributed by atoms with Crippen molar-refractivity contribution < 1.29 is 18.2 Å². The van der Waals surface area contributed by atoms with Gasteiger partial charge in [0.1, 0.15) is 12.1 Å². The van der Waals surface area contributed by atoms with Crippen LogP contribution in [0.5, 0.6) is 11.5 Å². The summed E-state index contributed by atoms with van der Waals surface area (Å²) >= 11 is -2.09. The lowest BCUT2D eigenvalue weighted by Crippen LogP contribution is -2.14. The van der Waals surface area contributed by atoms with Crippen LogP contribution in [0.2, 0.25) is 0 Å². The SMILES string of the molecule is COc1cc2ncnc(NC(c3ccc(NS(=O)O)cc3)C3CC3)c2cc1OC. The van der Waals surface area contributed by atoms with E-state index in [0.29, 0.717) is 23.1 Å². The summed E-state index contributed by atoms with van der Waals surface area (Å²) in [4.78, 5) is 8.82. The Labute approximate surface area is 171 Å². The topological polar surface area (TPSA) is 106 Å². The van der Waals surface area contributed by atoms with Crippen LogP contribution in [0.25, 0.3) is 10.9 Å². The molecule has 3 N–H and O–H groups in total. The highest BCUT2D eigenvalue weighted by atomic mass is 32.2. The Kier molecular flexibility index (Phi) is 5.50. The monoisotopic (exact) mass is 414 g/mol. The lowest BCUT2D eigenvalue weighted by Gasteiger charge is -2.21. The molecule has 1 heterocycles. The maximum Gasteiger partial charge on any atom is 0.259 e. The largest absolute Gasteiger partial charge is 0.493 e. The summed E-state index contributed by atoms with van der Waals surface area (Å²) in [7, 11) is 3.20. The molecule has 1 aliphatic rings. The Morgan fingerprint density at radius 2 is 1.79 bits per heavy atom. The third-order valence-corrected chi connectivity index (χ3v) is 5.41. The van der Waals surface area contributed by atoms with Crippen LogP contribution in [0.1, 0.15) is 24.4 Å². The van der Waals surface area contributed by atoms with Gasteiger partial charge < -0.3 is 14.8 Å². The van der Waals surface area contributed by atoms with Crippen molar-refractivity contribution in [2.45, 2.75) is 18.9 Å². The Morgan fingerprint density at radius 1 is 1.10 bits per heavy atom. The average Bonchev–Trinajstić information content (AvgIpc) is 3.56. The minimum absolute atomic E-state index is 0.0786. The van der Waals surface area contributed by atoms with E-state index >= 15 is 0 Å². The molecule has 0 aliphatic heterocycles. The molecule has 3 aromatic rings. The number of hydrogen-bond donors (Lipinski definition) is 3. The summed E-state index contributed by atoms with van der Waals surface area (Å²) in [6.07, 6.45) is 3.81. The normalized spacial score (nSPS) is 15.6. The highest BCUT2D eigenvalue weighted by Gasteiger charge is 2.33. The molecule has 1 aromatic heterocycles. The van der Waals surface area contributed by atoms with Crippen LogP contribution in [0.4, 0.5) is 11.5 Å². The van der Waals surface area contributed by atoms with Gasteiger partial charge in [-0.2, -0.15) is 0 Å². The van der Waals surface area contributed by atoms with Crippen LogP contribution < -0.4 is 19.5 Å². The molecule has 1 aliphatic carbocycles. The number of nitrogens with zero attached hydrogens (tertiary/aromatic N) is 2. The van der Waals surface area contributed by atoms with Gasteiger partial charge in [-0.05, 0) is 42.5 Å². The standard InChI is InChI=1S/C20H22N4O4S/c1-27-17-9-15-16(10-18(17)28-2)21-11-22-20(15)23-19(12-3-4-12)13-5-7-14(8-6-13)24-29(25)26/h5-12,19,24H,3-4H2,1-2H3,(H,25,26)(H,21,22,23). The van der Waals surface area contributed by atoms with E-state index < -0.39 is 11.3 Å². The van der Waals surface area contributed by atoms with Crippen LogP contribution in [-0.2, 0) is 11.3 Å². The number of anilines is 2. The first-order valence-electron chi connectivity index (χ1n) is 9.19. The highest BCUT2D eigenvalue weighted by molar-refractivity contribution is 7.80. The molecule has 2 unspecified atom stereocenters. The number of methoxy groups -OCH3 is 2. The van der Waals surface area contributed by atoms with E-state index in [4.69, 9.17) is 14.0 Å². The molecule has 0 spiro atoms. The number of ether oxygens (including phenoxy) is 2. The third kappa shape index (κ3) is 4.25. The van der Waals surface area contributed by atoms with Gasteiger partial charge in [-0.1, -0.05) is 12.1 Å². The molecule has 9 heteroatoms. The molecule has 1 saturated carbocycles. The van der Waals surface area contributed by atoms with E-state index in [9.17, 15) is 4.21 Å². The number of benzene rings is 2. The number of aromatic nitrogens is 2. The van der Waals surface area contributed by atoms with Crippen molar-refractivity contribution in [1.29, 1.82) is 0 Å². The zero-order chi connectivity index (χ0) is 20.4. The fourth-order valence-corrected chi connectivity index (χ4v) is 3.75. The predicted molar refractivity (Wildman–Crippen MR) is 113 cm³/mol. The van der Waals surface area contributed by atoms with E-state index in [1.165, 1.54) is 6.33 Å². The zero-order valence-corrected chi connectivity index (χ0v) is 16.9. The second-order valence-electron chi connectivity index (χ2n) is 6.88. The number of fused-ring (bicyclic) bond motifs is 1. The summed E-state index contributed by atoms with van der Waals surface area (Å²) in [5.41, 5.74) is 2.45. The minimum atomic E-state index is -2.09.